The Morgan fingerprint density at radius 3 is 1.19 bits per heavy atom. The molecule has 6 aliphatic rings. The molecule has 4 atom stereocenters. The number of imidazole rings is 4. The summed E-state index contributed by atoms with van der Waals surface area (Å²) in [5, 5.41) is 14.8. The second kappa shape index (κ2) is 30.1. The van der Waals surface area contributed by atoms with Gasteiger partial charge >= 0.3 is 0 Å². The standard InChI is InChI=1S/C42H29N2.C22H19N2.C21H17N2.C21H19N2.4Ir/c1-29-39-42(32-21-10-4-11-22-32,33-23-12-5-13-24-33)41(30-17-6-2-7-18-30,31-19-8-3-9-20-31)37-28-16-27-35-34-25-14-15-26-36(34)40(43-29)44(39)38(35)37;1-13-20-16-9-4-2-7-14(16)17-11-6-12-18-15-8-3-5-10-19(15)22(23-13)24(20)21(17)18;1-12-19-15-9-4-8-13(15)16-10-5-11-17-14-6-2-3-7-18(14)21(22-12)23(19)20(16)17;1-12(2)15-10-14-8-9-19-13(3)22-21-17-7-5-4-6-16(17)18(11-15)20(14)23(19)21;;;;/h2-25,27-28H,1H3;3,5-6,8,11-12,14,16H,2,4,7,9H2,1H3;2-3,5-6,10-11,13,15H,4,8-9H2,1H3;4-6,10-12H,8-9H2,1-3H3;;;;/q4*-1;;;;. The fraction of sp³-hybridized carbons (Fsp3) is 0.208. The molecule has 4 radical (unpaired) electrons. The van der Waals surface area contributed by atoms with Crippen LogP contribution >= 0.6 is 0 Å². The van der Waals surface area contributed by atoms with Gasteiger partial charge in [-0.15, -0.1) is 119 Å². The molecule has 0 amide bonds. The fourth-order valence-corrected chi connectivity index (χ4v) is 23.1. The van der Waals surface area contributed by atoms with Gasteiger partial charge in [0.25, 0.3) is 0 Å². The Labute approximate surface area is 741 Å². The average Bonchev–Trinajstić information content (AvgIpc) is 1.17. The quantitative estimate of drug-likeness (QED) is 0.127. The van der Waals surface area contributed by atoms with E-state index in [2.05, 4.69) is 320 Å². The van der Waals surface area contributed by atoms with Crippen LogP contribution in [0.25, 0.3) is 109 Å². The van der Waals surface area contributed by atoms with Crippen molar-refractivity contribution in [2.75, 3.05) is 0 Å². The molecule has 12 heteroatoms. The summed E-state index contributed by atoms with van der Waals surface area (Å²) in [6.07, 6.45) is 11.4. The Balaban J connectivity index is 0.000000108. The maximum absolute atomic E-state index is 5.43. The van der Waals surface area contributed by atoms with E-state index in [-0.39, 0.29) is 80.4 Å². The molecule has 4 aliphatic heterocycles. The van der Waals surface area contributed by atoms with E-state index in [1.165, 1.54) is 194 Å². The van der Waals surface area contributed by atoms with Crippen LogP contribution in [0.5, 0.6) is 0 Å². The molecule has 0 spiro atoms. The molecule has 8 aromatic heterocycles. The van der Waals surface area contributed by atoms with Crippen LogP contribution in [0.3, 0.4) is 0 Å². The zero-order chi connectivity index (χ0) is 76.0. The van der Waals surface area contributed by atoms with Gasteiger partial charge in [0.15, 0.2) is 0 Å². The first kappa shape index (κ1) is 78.0. The monoisotopic (exact) mass is 2240 g/mol. The molecule has 4 unspecified atom stereocenters. The molecule has 20 aromatic rings. The number of aryl methyl sites for hydroxylation is 6. The summed E-state index contributed by atoms with van der Waals surface area (Å²) in [7, 11) is 0. The van der Waals surface area contributed by atoms with E-state index in [1.54, 1.807) is 0 Å². The third kappa shape index (κ3) is 10.9. The van der Waals surface area contributed by atoms with Crippen molar-refractivity contribution >= 4 is 109 Å². The molecule has 588 valence electrons. The van der Waals surface area contributed by atoms with Crippen LogP contribution in [0.4, 0.5) is 0 Å². The van der Waals surface area contributed by atoms with Crippen LogP contribution in [0.1, 0.15) is 184 Å². The van der Waals surface area contributed by atoms with Gasteiger partial charge in [0, 0.05) is 154 Å². The Hall–Kier alpha value is -9.92. The van der Waals surface area contributed by atoms with Crippen LogP contribution in [0.15, 0.2) is 261 Å². The van der Waals surface area contributed by atoms with E-state index in [0.717, 1.165) is 68.4 Å². The minimum Gasteiger partial charge on any atom is -0.337 e. The second-order valence-corrected chi connectivity index (χ2v) is 33.4. The number of para-hydroxylation sites is 3. The first-order valence-corrected chi connectivity index (χ1v) is 41.3. The number of hydrogen-bond acceptors (Lipinski definition) is 4. The van der Waals surface area contributed by atoms with Crippen LogP contribution in [-0.4, -0.2) is 37.5 Å². The predicted octanol–water partition coefficient (Wildman–Crippen LogP) is 25.0. The molecule has 0 bridgehead atoms. The summed E-state index contributed by atoms with van der Waals surface area (Å²) in [6.45, 7) is 13.3. The molecule has 26 rings (SSSR count). The normalized spacial score (nSPS) is 17.2. The summed E-state index contributed by atoms with van der Waals surface area (Å²) >= 11 is 0. The molecule has 8 nitrogen and oxygen atoms in total. The van der Waals surface area contributed by atoms with Gasteiger partial charge in [-0.05, 0) is 156 Å². The third-order valence-electron chi connectivity index (χ3n) is 27.4. The second-order valence-electron chi connectivity index (χ2n) is 33.4. The Kier molecular flexibility index (Phi) is 19.9. The molecule has 118 heavy (non-hydrogen) atoms. The summed E-state index contributed by atoms with van der Waals surface area (Å²) in [5.74, 6) is 3.16. The molecular formula is C106H84Ir4N8-4. The minimum absolute atomic E-state index is 0. The van der Waals surface area contributed by atoms with Crippen LogP contribution in [-0.2, 0) is 104 Å². The van der Waals surface area contributed by atoms with E-state index in [0.29, 0.717) is 29.6 Å². The average molecular weight is 2240 g/mol. The molecule has 2 saturated carbocycles. The number of hydrogen-bond donors (Lipinski definition) is 0. The van der Waals surface area contributed by atoms with Crippen LogP contribution < -0.4 is 0 Å². The smallest absolute Gasteiger partial charge is 0.0797 e. The van der Waals surface area contributed by atoms with Crippen molar-refractivity contribution in [2.24, 2.45) is 0 Å². The van der Waals surface area contributed by atoms with Crippen molar-refractivity contribution in [3.63, 3.8) is 0 Å². The van der Waals surface area contributed by atoms with Crippen molar-refractivity contribution in [2.45, 2.75) is 140 Å². The Bertz CT molecular complexity index is 7330. The number of pyridine rings is 4. The van der Waals surface area contributed by atoms with Crippen LogP contribution in [0, 0.1) is 52.0 Å². The topological polar surface area (TPSA) is 69.2 Å². The van der Waals surface area contributed by atoms with Crippen molar-refractivity contribution < 1.29 is 80.4 Å². The summed E-state index contributed by atoms with van der Waals surface area (Å²) in [6, 6.07) is 109. The first-order chi connectivity index (χ1) is 56.1. The van der Waals surface area contributed by atoms with Crippen LogP contribution in [0.2, 0.25) is 0 Å². The van der Waals surface area contributed by atoms with Crippen molar-refractivity contribution in [3.05, 3.63) is 381 Å². The fourth-order valence-electron chi connectivity index (χ4n) is 23.1. The summed E-state index contributed by atoms with van der Waals surface area (Å²) < 4.78 is 9.81. The number of fused-ring (bicyclic) bond motifs is 18. The zero-order valence-corrected chi connectivity index (χ0v) is 76.1. The van der Waals surface area contributed by atoms with Crippen molar-refractivity contribution in [3.8, 4) is 0 Å². The molecule has 0 N–H and O–H groups in total. The number of benzene rings is 12. The largest absolute Gasteiger partial charge is 0.337 e. The molecule has 12 heterocycles. The summed E-state index contributed by atoms with van der Waals surface area (Å²) in [5.41, 5.74) is 30.5. The van der Waals surface area contributed by atoms with Gasteiger partial charge in [-0.2, -0.15) is 0 Å². The zero-order valence-electron chi connectivity index (χ0n) is 66.5. The van der Waals surface area contributed by atoms with Gasteiger partial charge in [-0.3, -0.25) is 19.9 Å². The Morgan fingerprint density at radius 2 is 0.712 bits per heavy atom. The van der Waals surface area contributed by atoms with Gasteiger partial charge < -0.3 is 17.6 Å². The minimum atomic E-state index is -0.689. The Morgan fingerprint density at radius 1 is 0.331 bits per heavy atom. The van der Waals surface area contributed by atoms with Gasteiger partial charge in [-0.25, -0.2) is 0 Å². The molecule has 2 aliphatic carbocycles. The molecule has 2 fully saturated rings. The predicted molar refractivity (Wildman–Crippen MR) is 465 cm³/mol. The number of nitrogens with zero attached hydrogens (tertiary/aromatic N) is 8. The van der Waals surface area contributed by atoms with E-state index in [4.69, 9.17) is 19.9 Å². The van der Waals surface area contributed by atoms with Crippen molar-refractivity contribution in [1.29, 1.82) is 0 Å². The number of aromatic nitrogens is 8. The SMILES string of the molecule is Cc1nc2c3[c-]cccc3c3cc(C(C)C)cc4c3n2c1CC4.Cc1nc2c3[c-]cccc3c3cccc4c3n2c1C(c1ccccc1)(c1ccccc1)C4(c1ccccc1)c1ccccc1.Cc1nc2c3[c-]cccc3c3cccc4c3n2c1C1CCCC41.Cc1nc2c3[c-]cccc3c3cccc4c3n2c1C1CCCCC41.[Ir].[Ir].[Ir].[Ir]. The molecular weight excluding hydrogens is 2150 g/mol. The number of rotatable bonds is 5. The maximum atomic E-state index is 5.43. The maximum Gasteiger partial charge on any atom is 0.0797 e. The van der Waals surface area contributed by atoms with Gasteiger partial charge in [0.05, 0.1) is 39.1 Å². The van der Waals surface area contributed by atoms with E-state index in [1.807, 2.05) is 24.3 Å². The van der Waals surface area contributed by atoms with Gasteiger partial charge in [0.1, 0.15) is 0 Å². The van der Waals surface area contributed by atoms with E-state index in [9.17, 15) is 0 Å². The first-order valence-electron chi connectivity index (χ1n) is 41.3. The van der Waals surface area contributed by atoms with E-state index < -0.39 is 10.8 Å². The van der Waals surface area contributed by atoms with Gasteiger partial charge in [-0.1, -0.05) is 243 Å². The van der Waals surface area contributed by atoms with Crippen molar-refractivity contribution in [1.82, 2.24) is 37.5 Å². The van der Waals surface area contributed by atoms with Gasteiger partial charge in [0.2, 0.25) is 0 Å². The molecule has 0 saturated heterocycles. The summed E-state index contributed by atoms with van der Waals surface area (Å²) in [4.78, 5) is 20.3. The van der Waals surface area contributed by atoms with E-state index >= 15 is 0 Å². The molecule has 12 aromatic carbocycles. The third-order valence-corrected chi connectivity index (χ3v) is 27.4.